The highest BCUT2D eigenvalue weighted by molar-refractivity contribution is 6.31. The second-order valence-electron chi connectivity index (χ2n) is 4.04. The summed E-state index contributed by atoms with van der Waals surface area (Å²) in [6, 6.07) is 5.25. The van der Waals surface area contributed by atoms with Gasteiger partial charge in [0.1, 0.15) is 5.75 Å². The largest absolute Gasteiger partial charge is 0.495 e. The molecular formula is C12H13Cl2NO2. The first-order chi connectivity index (χ1) is 8.15. The molecule has 1 unspecified atom stereocenters. The van der Waals surface area contributed by atoms with Gasteiger partial charge in [-0.05, 0) is 24.1 Å². The second-order valence-corrected chi connectivity index (χ2v) is 4.79. The first-order valence-electron chi connectivity index (χ1n) is 5.35. The van der Waals surface area contributed by atoms with Crippen molar-refractivity contribution in [1.82, 2.24) is 0 Å². The maximum absolute atomic E-state index is 11.9. The van der Waals surface area contributed by atoms with Crippen molar-refractivity contribution in [3.8, 4) is 5.75 Å². The Balaban J connectivity index is 2.33. The summed E-state index contributed by atoms with van der Waals surface area (Å²) in [6.45, 7) is 0.624. The van der Waals surface area contributed by atoms with Crippen LogP contribution in [0.4, 0.5) is 5.69 Å². The molecule has 1 aliphatic rings. The van der Waals surface area contributed by atoms with E-state index in [0.29, 0.717) is 29.6 Å². The Morgan fingerprint density at radius 3 is 2.88 bits per heavy atom. The normalized spacial score (nSPS) is 19.8. The van der Waals surface area contributed by atoms with Gasteiger partial charge in [-0.1, -0.05) is 11.6 Å². The highest BCUT2D eigenvalue weighted by Crippen LogP contribution is 2.35. The highest BCUT2D eigenvalue weighted by atomic mass is 35.5. The average Bonchev–Trinajstić information content (AvgIpc) is 2.70. The Labute approximate surface area is 110 Å². The van der Waals surface area contributed by atoms with Gasteiger partial charge in [0.25, 0.3) is 0 Å². The molecule has 0 bridgehead atoms. The predicted octanol–water partition coefficient (Wildman–Crippen LogP) is 2.94. The number of carbonyl (C=O) groups excluding carboxylic acids is 1. The van der Waals surface area contributed by atoms with E-state index in [1.54, 1.807) is 30.2 Å². The maximum Gasteiger partial charge on any atom is 0.227 e. The van der Waals surface area contributed by atoms with Crippen LogP contribution in [0.2, 0.25) is 5.02 Å². The van der Waals surface area contributed by atoms with Gasteiger partial charge in [-0.3, -0.25) is 4.79 Å². The van der Waals surface area contributed by atoms with Crippen LogP contribution in [0.3, 0.4) is 0 Å². The fraction of sp³-hybridized carbons (Fsp3) is 0.417. The predicted molar refractivity (Wildman–Crippen MR) is 69.2 cm³/mol. The molecule has 92 valence electrons. The molecule has 0 aromatic heterocycles. The first kappa shape index (κ1) is 12.5. The lowest BCUT2D eigenvalue weighted by molar-refractivity contribution is -0.117. The molecule has 0 radical (unpaired) electrons. The SMILES string of the molecule is COc1ccc(Cl)cc1N1CC(CCl)CC1=O. The zero-order chi connectivity index (χ0) is 12.4. The van der Waals surface area contributed by atoms with Crippen molar-refractivity contribution in [2.75, 3.05) is 24.4 Å². The Bertz CT molecular complexity index is 437. The minimum Gasteiger partial charge on any atom is -0.495 e. The molecule has 0 saturated carbocycles. The van der Waals surface area contributed by atoms with E-state index in [1.807, 2.05) is 0 Å². The molecular weight excluding hydrogens is 261 g/mol. The molecule has 3 nitrogen and oxygen atoms in total. The number of ether oxygens (including phenoxy) is 1. The molecule has 0 aliphatic carbocycles. The third-order valence-electron chi connectivity index (χ3n) is 2.86. The number of hydrogen-bond donors (Lipinski definition) is 0. The summed E-state index contributed by atoms with van der Waals surface area (Å²) in [7, 11) is 1.58. The molecule has 1 aromatic carbocycles. The summed E-state index contributed by atoms with van der Waals surface area (Å²) in [5.41, 5.74) is 0.720. The van der Waals surface area contributed by atoms with E-state index < -0.39 is 0 Å². The van der Waals surface area contributed by atoms with Crippen LogP contribution >= 0.6 is 23.2 Å². The van der Waals surface area contributed by atoms with Gasteiger partial charge in [-0.25, -0.2) is 0 Å². The van der Waals surface area contributed by atoms with Gasteiger partial charge < -0.3 is 9.64 Å². The summed E-state index contributed by atoms with van der Waals surface area (Å²) < 4.78 is 5.24. The average molecular weight is 274 g/mol. The van der Waals surface area contributed by atoms with Crippen molar-refractivity contribution >= 4 is 34.8 Å². The number of nitrogens with zero attached hydrogens (tertiary/aromatic N) is 1. The smallest absolute Gasteiger partial charge is 0.227 e. The van der Waals surface area contributed by atoms with Crippen LogP contribution in [-0.4, -0.2) is 25.4 Å². The van der Waals surface area contributed by atoms with Crippen molar-refractivity contribution in [2.45, 2.75) is 6.42 Å². The van der Waals surface area contributed by atoms with Crippen molar-refractivity contribution in [2.24, 2.45) is 5.92 Å². The van der Waals surface area contributed by atoms with E-state index in [-0.39, 0.29) is 11.8 Å². The van der Waals surface area contributed by atoms with Crippen LogP contribution in [0, 0.1) is 5.92 Å². The molecule has 1 atom stereocenters. The summed E-state index contributed by atoms with van der Waals surface area (Å²) >= 11 is 11.7. The van der Waals surface area contributed by atoms with Crippen LogP contribution in [0.15, 0.2) is 18.2 Å². The topological polar surface area (TPSA) is 29.5 Å². The monoisotopic (exact) mass is 273 g/mol. The van der Waals surface area contributed by atoms with Gasteiger partial charge in [0.2, 0.25) is 5.91 Å². The molecule has 0 spiro atoms. The summed E-state index contributed by atoms with van der Waals surface area (Å²) in [5.74, 6) is 1.41. The molecule has 1 amide bonds. The van der Waals surface area contributed by atoms with Gasteiger partial charge in [0, 0.05) is 23.9 Å². The summed E-state index contributed by atoms with van der Waals surface area (Å²) in [5, 5.41) is 0.586. The lowest BCUT2D eigenvalue weighted by Gasteiger charge is -2.19. The Kier molecular flexibility index (Phi) is 3.79. The van der Waals surface area contributed by atoms with E-state index in [1.165, 1.54) is 0 Å². The molecule has 0 N–H and O–H groups in total. The highest BCUT2D eigenvalue weighted by Gasteiger charge is 2.31. The molecule has 1 aromatic rings. The number of methoxy groups -OCH3 is 1. The number of halogens is 2. The summed E-state index contributed by atoms with van der Waals surface area (Å²) in [6.07, 6.45) is 0.485. The number of benzene rings is 1. The number of amides is 1. The standard InChI is InChI=1S/C12H13Cl2NO2/c1-17-11-3-2-9(14)5-10(11)15-7-8(6-13)4-12(15)16/h2-3,5,8H,4,6-7H2,1H3. The Hall–Kier alpha value is -0.930. The molecule has 1 heterocycles. The third kappa shape index (κ3) is 2.50. The van der Waals surface area contributed by atoms with E-state index in [9.17, 15) is 4.79 Å². The number of anilines is 1. The van der Waals surface area contributed by atoms with E-state index in [4.69, 9.17) is 27.9 Å². The molecule has 1 fully saturated rings. The fourth-order valence-corrected chi connectivity index (χ4v) is 2.36. The molecule has 17 heavy (non-hydrogen) atoms. The van der Waals surface area contributed by atoms with Gasteiger partial charge >= 0.3 is 0 Å². The van der Waals surface area contributed by atoms with E-state index in [0.717, 1.165) is 5.69 Å². The maximum atomic E-state index is 11.9. The van der Waals surface area contributed by atoms with Crippen LogP contribution in [0.25, 0.3) is 0 Å². The van der Waals surface area contributed by atoms with Crippen LogP contribution in [-0.2, 0) is 4.79 Å². The molecule has 1 saturated heterocycles. The van der Waals surface area contributed by atoms with Crippen LogP contribution < -0.4 is 9.64 Å². The van der Waals surface area contributed by atoms with Crippen molar-refractivity contribution in [3.63, 3.8) is 0 Å². The van der Waals surface area contributed by atoms with E-state index >= 15 is 0 Å². The van der Waals surface area contributed by atoms with Crippen LogP contribution in [0.5, 0.6) is 5.75 Å². The van der Waals surface area contributed by atoms with E-state index in [2.05, 4.69) is 0 Å². The van der Waals surface area contributed by atoms with Crippen molar-refractivity contribution in [3.05, 3.63) is 23.2 Å². The number of rotatable bonds is 3. The third-order valence-corrected chi connectivity index (χ3v) is 3.53. The lowest BCUT2D eigenvalue weighted by Crippen LogP contribution is -2.25. The van der Waals surface area contributed by atoms with Gasteiger partial charge in [0.15, 0.2) is 0 Å². The number of hydrogen-bond acceptors (Lipinski definition) is 2. The number of alkyl halides is 1. The van der Waals surface area contributed by atoms with Gasteiger partial charge in [-0.2, -0.15) is 0 Å². The Morgan fingerprint density at radius 1 is 1.53 bits per heavy atom. The Morgan fingerprint density at radius 2 is 2.29 bits per heavy atom. The molecule has 2 rings (SSSR count). The van der Waals surface area contributed by atoms with Gasteiger partial charge in [-0.15, -0.1) is 11.6 Å². The van der Waals surface area contributed by atoms with Crippen LogP contribution in [0.1, 0.15) is 6.42 Å². The molecule has 1 aliphatic heterocycles. The second kappa shape index (κ2) is 5.15. The minimum atomic E-state index is 0.0659. The van der Waals surface area contributed by atoms with Crippen molar-refractivity contribution in [1.29, 1.82) is 0 Å². The summed E-state index contributed by atoms with van der Waals surface area (Å²) in [4.78, 5) is 13.6. The first-order valence-corrected chi connectivity index (χ1v) is 6.27. The zero-order valence-electron chi connectivity index (χ0n) is 9.45. The minimum absolute atomic E-state index is 0.0659. The van der Waals surface area contributed by atoms with Crippen molar-refractivity contribution < 1.29 is 9.53 Å². The number of carbonyl (C=O) groups is 1. The molecule has 5 heteroatoms. The lowest BCUT2D eigenvalue weighted by atomic mass is 10.1. The van der Waals surface area contributed by atoms with Gasteiger partial charge in [0.05, 0.1) is 12.8 Å². The quantitative estimate of drug-likeness (QED) is 0.793. The zero-order valence-corrected chi connectivity index (χ0v) is 11.0. The fourth-order valence-electron chi connectivity index (χ4n) is 1.99.